The Morgan fingerprint density at radius 1 is 0.366 bits per heavy atom. The van der Waals surface area contributed by atoms with E-state index in [-0.39, 0.29) is 32.0 Å². The first-order chi connectivity index (χ1) is 40.0. The second-order valence-electron chi connectivity index (χ2n) is 26.0. The zero-order valence-corrected chi connectivity index (χ0v) is 56.4. The molecule has 0 saturated heterocycles. The van der Waals surface area contributed by atoms with Gasteiger partial charge >= 0.3 is 11.9 Å². The molecule has 0 bridgehead atoms. The van der Waals surface area contributed by atoms with Gasteiger partial charge in [-0.25, -0.2) is 0 Å². The van der Waals surface area contributed by atoms with E-state index in [0.717, 1.165) is 38.5 Å². The number of allylic oxidation sites excluding steroid dienone is 4. The van der Waals surface area contributed by atoms with Crippen LogP contribution in [0, 0.1) is 0 Å². The third-order valence-electron chi connectivity index (χ3n) is 16.4. The standard InChI is InChI=1S/C72H140NO8P/c1-6-8-10-12-14-16-18-20-22-24-25-26-27-28-29-30-31-32-33-34-35-36-37-38-39-40-41-42-43-44-45-46-47-49-51-53-55-57-59-61-63-65-72(75)81-70(69-80-82(76,77)79-67-66-73(3,4)5)68-78-71(74)64-62-60-58-56-54-52-50-48-23-21-19-17-15-13-11-9-7-2/h21,23-25,70H,6-20,22,26-69H2,1-5H3/b23-21-,25-24-. The molecule has 0 amide bonds. The number of nitrogens with zero attached hydrogens (tertiary/aromatic N) is 1. The van der Waals surface area contributed by atoms with Crippen molar-refractivity contribution in [1.29, 1.82) is 0 Å². The number of hydrogen-bond acceptors (Lipinski definition) is 8. The predicted octanol–water partition coefficient (Wildman–Crippen LogP) is 22.6. The van der Waals surface area contributed by atoms with Crippen LogP contribution in [0.25, 0.3) is 0 Å². The highest BCUT2D eigenvalue weighted by Crippen LogP contribution is 2.38. The highest BCUT2D eigenvalue weighted by Gasteiger charge is 2.22. The van der Waals surface area contributed by atoms with Crippen molar-refractivity contribution in [3.05, 3.63) is 24.3 Å². The number of carbonyl (C=O) groups is 2. The van der Waals surface area contributed by atoms with Crippen molar-refractivity contribution < 1.29 is 42.1 Å². The average Bonchev–Trinajstić information content (AvgIpc) is 3.44. The summed E-state index contributed by atoms with van der Waals surface area (Å²) in [6.07, 6.45) is 80.1. The van der Waals surface area contributed by atoms with Crippen LogP contribution in [0.5, 0.6) is 0 Å². The van der Waals surface area contributed by atoms with Crippen LogP contribution in [0.1, 0.15) is 373 Å². The topological polar surface area (TPSA) is 111 Å². The summed E-state index contributed by atoms with van der Waals surface area (Å²) in [4.78, 5) is 38.0. The molecule has 0 aliphatic rings. The molecule has 10 heteroatoms. The third-order valence-corrected chi connectivity index (χ3v) is 17.4. The van der Waals surface area contributed by atoms with Gasteiger partial charge in [-0.1, -0.05) is 321 Å². The molecule has 0 aromatic carbocycles. The number of phosphoric acid groups is 1. The molecule has 0 spiro atoms. The first-order valence-corrected chi connectivity index (χ1v) is 37.5. The maximum atomic E-state index is 12.8. The Labute approximate surface area is 510 Å². The van der Waals surface area contributed by atoms with Crippen molar-refractivity contribution >= 4 is 19.8 Å². The molecule has 0 fully saturated rings. The Bertz CT molecular complexity index is 1430. The zero-order valence-electron chi connectivity index (χ0n) is 55.5. The molecule has 0 aromatic rings. The summed E-state index contributed by atoms with van der Waals surface area (Å²) in [6, 6.07) is 0. The number of unbranched alkanes of at least 4 members (excludes halogenated alkanes) is 50. The van der Waals surface area contributed by atoms with Crippen molar-refractivity contribution in [3.8, 4) is 0 Å². The van der Waals surface area contributed by atoms with Crippen molar-refractivity contribution in [3.63, 3.8) is 0 Å². The van der Waals surface area contributed by atoms with E-state index in [2.05, 4.69) is 38.2 Å². The summed E-state index contributed by atoms with van der Waals surface area (Å²) in [5, 5.41) is 0. The van der Waals surface area contributed by atoms with Crippen LogP contribution in [-0.2, 0) is 32.7 Å². The van der Waals surface area contributed by atoms with E-state index in [1.54, 1.807) is 0 Å². The van der Waals surface area contributed by atoms with E-state index in [1.165, 1.54) is 302 Å². The van der Waals surface area contributed by atoms with Gasteiger partial charge in [0.05, 0.1) is 27.7 Å². The van der Waals surface area contributed by atoms with Crippen LogP contribution in [0.15, 0.2) is 24.3 Å². The molecule has 486 valence electrons. The fourth-order valence-corrected chi connectivity index (χ4v) is 11.6. The number of likely N-dealkylation sites (N-methyl/N-ethyl adjacent to an activating group) is 1. The summed E-state index contributed by atoms with van der Waals surface area (Å²) in [7, 11) is 1.18. The minimum atomic E-state index is -4.64. The molecular formula is C72H140NO8P. The van der Waals surface area contributed by atoms with Crippen LogP contribution in [0.4, 0.5) is 0 Å². The normalized spacial score (nSPS) is 13.2. The lowest BCUT2D eigenvalue weighted by Gasteiger charge is -2.28. The average molecular weight is 1180 g/mol. The van der Waals surface area contributed by atoms with Crippen molar-refractivity contribution in [2.24, 2.45) is 0 Å². The van der Waals surface area contributed by atoms with E-state index < -0.39 is 26.5 Å². The maximum absolute atomic E-state index is 12.8. The van der Waals surface area contributed by atoms with Crippen LogP contribution in [-0.4, -0.2) is 70.0 Å². The van der Waals surface area contributed by atoms with Gasteiger partial charge in [-0.05, 0) is 64.2 Å². The first-order valence-electron chi connectivity index (χ1n) is 36.0. The molecule has 2 atom stereocenters. The Hall–Kier alpha value is -1.51. The fourth-order valence-electron chi connectivity index (χ4n) is 10.9. The van der Waals surface area contributed by atoms with Gasteiger partial charge in [0, 0.05) is 12.8 Å². The summed E-state index contributed by atoms with van der Waals surface area (Å²) in [5.41, 5.74) is 0. The number of rotatable bonds is 68. The van der Waals surface area contributed by atoms with Crippen LogP contribution in [0.2, 0.25) is 0 Å². The highest BCUT2D eigenvalue weighted by molar-refractivity contribution is 7.45. The number of esters is 2. The molecule has 0 rings (SSSR count). The van der Waals surface area contributed by atoms with E-state index >= 15 is 0 Å². The number of ether oxygens (including phenoxy) is 2. The lowest BCUT2D eigenvalue weighted by atomic mass is 10.0. The number of hydrogen-bond donors (Lipinski definition) is 0. The smallest absolute Gasteiger partial charge is 0.306 e. The second-order valence-corrected chi connectivity index (χ2v) is 27.4. The first kappa shape index (κ1) is 80.5. The van der Waals surface area contributed by atoms with Gasteiger partial charge < -0.3 is 27.9 Å². The molecule has 2 unspecified atom stereocenters. The number of carbonyl (C=O) groups excluding carboxylic acids is 2. The Balaban J connectivity index is 3.84. The summed E-state index contributed by atoms with van der Waals surface area (Å²) in [5.74, 6) is -0.818. The molecule has 0 saturated carbocycles. The van der Waals surface area contributed by atoms with Crippen molar-refractivity contribution in [1.82, 2.24) is 0 Å². The van der Waals surface area contributed by atoms with Gasteiger partial charge in [0.2, 0.25) is 0 Å². The van der Waals surface area contributed by atoms with Crippen molar-refractivity contribution in [2.45, 2.75) is 380 Å². The Kier molecular flexibility index (Phi) is 62.8. The molecule has 0 aromatic heterocycles. The SMILES string of the molecule is CCCCCCCC/C=C\CCCCCCCCCC(=O)OCC(COP(=O)([O-])OCC[N+](C)(C)C)OC(=O)CCCCCCCCCCCCCCCCCCCCCCCCCCCCCCC/C=C\CCCCCCCCCC. The lowest BCUT2D eigenvalue weighted by molar-refractivity contribution is -0.870. The predicted molar refractivity (Wildman–Crippen MR) is 351 cm³/mol. The van der Waals surface area contributed by atoms with E-state index in [4.69, 9.17) is 18.5 Å². The molecule has 82 heavy (non-hydrogen) atoms. The minimum absolute atomic E-state index is 0.0282. The Morgan fingerprint density at radius 3 is 0.902 bits per heavy atom. The highest BCUT2D eigenvalue weighted by atomic mass is 31.2. The fraction of sp³-hybridized carbons (Fsp3) is 0.917. The number of quaternary nitrogens is 1. The molecule has 0 aliphatic carbocycles. The minimum Gasteiger partial charge on any atom is -0.756 e. The molecule has 0 radical (unpaired) electrons. The third kappa shape index (κ3) is 67.6. The molecule has 0 N–H and O–H groups in total. The quantitative estimate of drug-likeness (QED) is 0.0195. The van der Waals surface area contributed by atoms with Gasteiger partial charge in [-0.3, -0.25) is 14.2 Å². The van der Waals surface area contributed by atoms with Gasteiger partial charge in [-0.15, -0.1) is 0 Å². The van der Waals surface area contributed by atoms with E-state index in [1.807, 2.05) is 21.1 Å². The zero-order chi connectivity index (χ0) is 59.8. The van der Waals surface area contributed by atoms with Gasteiger partial charge in [0.1, 0.15) is 19.8 Å². The maximum Gasteiger partial charge on any atom is 0.306 e. The molecule has 0 heterocycles. The van der Waals surface area contributed by atoms with Crippen LogP contribution >= 0.6 is 7.82 Å². The van der Waals surface area contributed by atoms with Gasteiger partial charge in [0.15, 0.2) is 6.10 Å². The monoisotopic (exact) mass is 1180 g/mol. The van der Waals surface area contributed by atoms with Crippen LogP contribution in [0.3, 0.4) is 0 Å². The van der Waals surface area contributed by atoms with Crippen molar-refractivity contribution in [2.75, 3.05) is 47.5 Å². The van der Waals surface area contributed by atoms with Gasteiger partial charge in [0.25, 0.3) is 7.82 Å². The molecule has 0 aliphatic heterocycles. The Morgan fingerprint density at radius 2 is 0.622 bits per heavy atom. The molecular weight excluding hydrogens is 1040 g/mol. The lowest BCUT2D eigenvalue weighted by Crippen LogP contribution is -2.37. The molecule has 9 nitrogen and oxygen atoms in total. The van der Waals surface area contributed by atoms with E-state index in [0.29, 0.717) is 17.4 Å². The van der Waals surface area contributed by atoms with Crippen LogP contribution < -0.4 is 4.89 Å². The largest absolute Gasteiger partial charge is 0.756 e. The summed E-state index contributed by atoms with van der Waals surface area (Å²) >= 11 is 0. The summed E-state index contributed by atoms with van der Waals surface area (Å²) in [6.45, 7) is 4.29. The number of phosphoric ester groups is 1. The van der Waals surface area contributed by atoms with E-state index in [9.17, 15) is 19.0 Å². The van der Waals surface area contributed by atoms with Gasteiger partial charge in [-0.2, -0.15) is 0 Å². The second kappa shape index (κ2) is 64.0. The summed E-state index contributed by atoms with van der Waals surface area (Å²) < 4.78 is 34.3.